The summed E-state index contributed by atoms with van der Waals surface area (Å²) >= 11 is 0. The molecule has 3 rings (SSSR count). The van der Waals surface area contributed by atoms with Crippen molar-refractivity contribution in [3.05, 3.63) is 91.8 Å². The maximum Gasteiger partial charge on any atom is 3.00 e. The minimum atomic E-state index is 0. The van der Waals surface area contributed by atoms with Crippen LogP contribution in [-0.2, 0) is 21.7 Å². The maximum absolute atomic E-state index is 3.78. The van der Waals surface area contributed by atoms with E-state index in [1.165, 1.54) is 0 Å². The zero-order chi connectivity index (χ0) is 12.7. The molecule has 0 saturated heterocycles. The Hall–Kier alpha value is -0.966. The molecule has 3 nitrogen and oxygen atoms in total. The average Bonchev–Trinajstić information content (AvgIpc) is 2.54. The van der Waals surface area contributed by atoms with Crippen LogP contribution in [0.1, 0.15) is 0 Å². The van der Waals surface area contributed by atoms with Gasteiger partial charge in [0.05, 0.1) is 0 Å². The zero-order valence-electron chi connectivity index (χ0n) is 11.6. The second-order valence-electron chi connectivity index (χ2n) is 3.07. The summed E-state index contributed by atoms with van der Waals surface area (Å²) in [5.41, 5.74) is 0. The molecule has 0 unspecified atom stereocenters. The number of hydrogen-bond donors (Lipinski definition) is 0. The Morgan fingerprint density at radius 3 is 0.545 bits per heavy atom. The molecule has 7 heteroatoms. The van der Waals surface area contributed by atoms with Gasteiger partial charge in [0.1, 0.15) is 0 Å². The van der Waals surface area contributed by atoms with E-state index in [4.69, 9.17) is 0 Å². The average molecular weight is 392 g/mol. The Morgan fingerprint density at radius 1 is 0.318 bits per heavy atom. The van der Waals surface area contributed by atoms with Gasteiger partial charge in [0, 0.05) is 37.2 Å². The number of pyridine rings is 3. The van der Waals surface area contributed by atoms with Gasteiger partial charge in [-0.05, 0) is 36.4 Å². The van der Waals surface area contributed by atoms with Crippen LogP contribution in [0.3, 0.4) is 0 Å². The van der Waals surface area contributed by atoms with E-state index in [2.05, 4.69) is 15.0 Å². The van der Waals surface area contributed by atoms with E-state index >= 15 is 0 Å². The fraction of sp³-hybridized carbons (Fsp3) is 0. The van der Waals surface area contributed by atoms with E-state index in [0.29, 0.717) is 0 Å². The Bertz CT molecular complexity index is 321. The van der Waals surface area contributed by atoms with Crippen LogP contribution in [0, 0.1) is 0 Å². The van der Waals surface area contributed by atoms with Crippen molar-refractivity contribution in [2.24, 2.45) is 0 Å². The molecule has 22 heavy (non-hydrogen) atoms. The van der Waals surface area contributed by atoms with Crippen LogP contribution in [0.2, 0.25) is 0 Å². The van der Waals surface area contributed by atoms with Crippen LogP contribution < -0.4 is 37.2 Å². The van der Waals surface area contributed by atoms with Crippen LogP contribution in [0.15, 0.2) is 91.8 Å². The van der Waals surface area contributed by atoms with Crippen molar-refractivity contribution in [1.82, 2.24) is 15.0 Å². The molecular weight excluding hydrogens is 376 g/mol. The monoisotopic (exact) mass is 390 g/mol. The Morgan fingerprint density at radius 2 is 0.500 bits per heavy atom. The number of aromatic nitrogens is 3. The summed E-state index contributed by atoms with van der Waals surface area (Å²) in [5.74, 6) is 0. The fourth-order valence-electron chi connectivity index (χ4n) is 0.938. The van der Waals surface area contributed by atoms with Crippen LogP contribution in [-0.4, -0.2) is 15.0 Å². The number of nitrogens with zero attached hydrogens (tertiary/aromatic N) is 3. The van der Waals surface area contributed by atoms with Crippen LogP contribution >= 0.6 is 0 Å². The molecule has 0 saturated carbocycles. The molecule has 0 aliphatic carbocycles. The van der Waals surface area contributed by atoms with Crippen molar-refractivity contribution in [3.63, 3.8) is 0 Å². The van der Waals surface area contributed by atoms with Crippen molar-refractivity contribution in [3.8, 4) is 0 Å². The quantitative estimate of drug-likeness (QED) is 0.359. The molecule has 3 aromatic heterocycles. The minimum absolute atomic E-state index is 0. The molecule has 0 spiro atoms. The first kappa shape index (κ1) is 29.1. The van der Waals surface area contributed by atoms with Gasteiger partial charge in [-0.25, -0.2) is 0 Å². The topological polar surface area (TPSA) is 38.7 Å². The van der Waals surface area contributed by atoms with Gasteiger partial charge in [-0.2, -0.15) is 0 Å². The summed E-state index contributed by atoms with van der Waals surface area (Å²) in [6.07, 6.45) is 10.5. The molecule has 3 aromatic rings. The molecule has 0 aliphatic heterocycles. The molecule has 115 valence electrons. The van der Waals surface area contributed by atoms with E-state index < -0.39 is 0 Å². The SMILES string of the molecule is [Cl-].[Cl-].[Cl-].[Ti+3].c1ccncc1.c1ccncc1.c1ccncc1. The number of rotatable bonds is 0. The smallest absolute Gasteiger partial charge is 1.00 e. The van der Waals surface area contributed by atoms with Crippen LogP contribution in [0.25, 0.3) is 0 Å². The summed E-state index contributed by atoms with van der Waals surface area (Å²) in [6.45, 7) is 0. The molecule has 0 atom stereocenters. The Kier molecular flexibility index (Phi) is 33.1. The largest absolute Gasteiger partial charge is 3.00 e. The summed E-state index contributed by atoms with van der Waals surface area (Å²) in [4.78, 5) is 11.4. The van der Waals surface area contributed by atoms with E-state index in [1.807, 2.05) is 54.6 Å². The summed E-state index contributed by atoms with van der Waals surface area (Å²) in [7, 11) is 0. The second kappa shape index (κ2) is 25.0. The third kappa shape index (κ3) is 21.3. The van der Waals surface area contributed by atoms with Gasteiger partial charge < -0.3 is 37.2 Å². The molecule has 0 amide bonds. The summed E-state index contributed by atoms with van der Waals surface area (Å²) in [6, 6.07) is 17.1. The van der Waals surface area contributed by atoms with Gasteiger partial charge in [-0.1, -0.05) is 18.2 Å². The van der Waals surface area contributed by atoms with Crippen molar-refractivity contribution in [2.75, 3.05) is 0 Å². The molecule has 0 fully saturated rings. The molecule has 0 aromatic carbocycles. The van der Waals surface area contributed by atoms with Crippen molar-refractivity contribution < 1.29 is 58.9 Å². The first-order valence-corrected chi connectivity index (χ1v) is 5.55. The zero-order valence-corrected chi connectivity index (χ0v) is 15.5. The van der Waals surface area contributed by atoms with E-state index in [9.17, 15) is 0 Å². The molecule has 1 radical (unpaired) electrons. The van der Waals surface area contributed by atoms with E-state index in [0.717, 1.165) is 0 Å². The molecule has 0 aliphatic rings. The minimum Gasteiger partial charge on any atom is -1.00 e. The first-order valence-electron chi connectivity index (χ1n) is 5.55. The molecule has 0 bridgehead atoms. The predicted octanol–water partition coefficient (Wildman–Crippen LogP) is -5.75. The van der Waals surface area contributed by atoms with Gasteiger partial charge >= 0.3 is 21.7 Å². The van der Waals surface area contributed by atoms with Crippen molar-refractivity contribution in [1.29, 1.82) is 0 Å². The molecule has 0 N–H and O–H groups in total. The second-order valence-corrected chi connectivity index (χ2v) is 3.07. The number of halogens is 3. The van der Waals surface area contributed by atoms with Crippen LogP contribution in [0.5, 0.6) is 0 Å². The first-order chi connectivity index (χ1) is 9.00. The third-order valence-electron chi connectivity index (χ3n) is 1.70. The van der Waals surface area contributed by atoms with Gasteiger partial charge in [-0.15, -0.1) is 0 Å². The van der Waals surface area contributed by atoms with Gasteiger partial charge in [0.15, 0.2) is 0 Å². The molecular formula is C15H15Cl3N3Ti. The maximum atomic E-state index is 3.78. The van der Waals surface area contributed by atoms with Crippen molar-refractivity contribution in [2.45, 2.75) is 0 Å². The number of hydrogen-bond acceptors (Lipinski definition) is 3. The molecule has 3 heterocycles. The fourth-order valence-corrected chi connectivity index (χ4v) is 0.938. The van der Waals surface area contributed by atoms with Crippen molar-refractivity contribution >= 4 is 0 Å². The van der Waals surface area contributed by atoms with E-state index in [-0.39, 0.29) is 58.9 Å². The summed E-state index contributed by atoms with van der Waals surface area (Å²) in [5, 5.41) is 0. The summed E-state index contributed by atoms with van der Waals surface area (Å²) < 4.78 is 0. The van der Waals surface area contributed by atoms with Gasteiger partial charge in [-0.3, -0.25) is 15.0 Å². The Balaban J connectivity index is -0.000000101. The Labute approximate surface area is 165 Å². The van der Waals surface area contributed by atoms with Gasteiger partial charge in [0.2, 0.25) is 0 Å². The third-order valence-corrected chi connectivity index (χ3v) is 1.70. The standard InChI is InChI=1S/3C5H5N.3ClH.Ti/c3*1-2-4-6-5-3-1;;;;/h3*1-5H;3*1H;/q;;;;;;+3/p-3. The van der Waals surface area contributed by atoms with E-state index in [1.54, 1.807) is 37.2 Å². The normalized spacial score (nSPS) is 6.55. The predicted molar refractivity (Wildman–Crippen MR) is 72.7 cm³/mol. The van der Waals surface area contributed by atoms with Gasteiger partial charge in [0.25, 0.3) is 0 Å². The van der Waals surface area contributed by atoms with Crippen LogP contribution in [0.4, 0.5) is 0 Å².